The molecule has 1 amide bonds. The van der Waals surface area contributed by atoms with Crippen molar-refractivity contribution < 1.29 is 22.7 Å². The maximum atomic E-state index is 12.7. The molecule has 2 aromatic rings. The molecule has 1 aromatic carbocycles. The number of aromatic nitrogens is 3. The summed E-state index contributed by atoms with van der Waals surface area (Å²) in [4.78, 5) is 19.6. The Morgan fingerprint density at radius 3 is 2.41 bits per heavy atom. The van der Waals surface area contributed by atoms with Crippen molar-refractivity contribution in [3.63, 3.8) is 0 Å². The van der Waals surface area contributed by atoms with E-state index in [2.05, 4.69) is 15.2 Å². The molecule has 1 fully saturated rings. The van der Waals surface area contributed by atoms with E-state index in [1.807, 2.05) is 4.90 Å². The van der Waals surface area contributed by atoms with Gasteiger partial charge < -0.3 is 14.5 Å². The number of hydrogen-bond acceptors (Lipinski definition) is 6. The highest BCUT2D eigenvalue weighted by Crippen LogP contribution is 2.30. The molecule has 1 saturated heterocycles. The van der Waals surface area contributed by atoms with Gasteiger partial charge in [0, 0.05) is 31.7 Å². The van der Waals surface area contributed by atoms with Crippen LogP contribution in [0.2, 0.25) is 0 Å². The first-order valence-electron chi connectivity index (χ1n) is 8.42. The number of benzene rings is 1. The first-order valence-corrected chi connectivity index (χ1v) is 8.42. The fraction of sp³-hybridized carbons (Fsp3) is 0.412. The van der Waals surface area contributed by atoms with Gasteiger partial charge >= 0.3 is 12.3 Å². The monoisotopic (exact) mass is 381 g/mol. The van der Waals surface area contributed by atoms with Gasteiger partial charge in [0.2, 0.25) is 5.95 Å². The summed E-state index contributed by atoms with van der Waals surface area (Å²) < 4.78 is 43.0. The summed E-state index contributed by atoms with van der Waals surface area (Å²) in [6.07, 6.45) is -3.33. The van der Waals surface area contributed by atoms with Gasteiger partial charge in [-0.05, 0) is 19.1 Å². The van der Waals surface area contributed by atoms with Gasteiger partial charge in [-0.15, -0.1) is 5.10 Å². The number of halogens is 3. The van der Waals surface area contributed by atoms with Gasteiger partial charge in [-0.25, -0.2) is 9.78 Å². The number of carbonyl (C=O) groups is 1. The van der Waals surface area contributed by atoms with Crippen molar-refractivity contribution in [1.29, 1.82) is 0 Å². The summed E-state index contributed by atoms with van der Waals surface area (Å²) in [6, 6.07) is 4.73. The van der Waals surface area contributed by atoms with Gasteiger partial charge in [0.15, 0.2) is 0 Å². The number of alkyl halides is 3. The maximum Gasteiger partial charge on any atom is 0.416 e. The number of carbonyl (C=O) groups excluding carboxylic acids is 1. The molecule has 1 aliphatic rings. The average Bonchev–Trinajstić information content (AvgIpc) is 2.68. The minimum atomic E-state index is -4.38. The van der Waals surface area contributed by atoms with E-state index in [0.29, 0.717) is 50.0 Å². The minimum absolute atomic E-state index is 0.321. The number of ether oxygens (including phenoxy) is 1. The van der Waals surface area contributed by atoms with Gasteiger partial charge in [-0.2, -0.15) is 18.3 Å². The van der Waals surface area contributed by atoms with E-state index in [9.17, 15) is 18.0 Å². The van der Waals surface area contributed by atoms with E-state index in [4.69, 9.17) is 4.74 Å². The topological polar surface area (TPSA) is 71.5 Å². The number of nitrogens with zero attached hydrogens (tertiary/aromatic N) is 5. The molecule has 1 aromatic heterocycles. The number of hydrogen-bond donors (Lipinski definition) is 0. The van der Waals surface area contributed by atoms with Crippen molar-refractivity contribution in [1.82, 2.24) is 20.1 Å². The van der Waals surface area contributed by atoms with Gasteiger partial charge in [0.1, 0.15) is 0 Å². The fourth-order valence-corrected chi connectivity index (χ4v) is 2.70. The molecular formula is C17H18F3N5O2. The van der Waals surface area contributed by atoms with Crippen LogP contribution in [0.1, 0.15) is 12.5 Å². The van der Waals surface area contributed by atoms with E-state index in [1.165, 1.54) is 18.3 Å². The van der Waals surface area contributed by atoms with Crippen LogP contribution in [0.25, 0.3) is 11.3 Å². The van der Waals surface area contributed by atoms with Crippen LogP contribution in [0.5, 0.6) is 0 Å². The normalized spacial score (nSPS) is 15.0. The quantitative estimate of drug-likeness (QED) is 0.814. The number of amides is 1. The van der Waals surface area contributed by atoms with Crippen LogP contribution >= 0.6 is 0 Å². The second-order valence-corrected chi connectivity index (χ2v) is 5.89. The zero-order valence-corrected chi connectivity index (χ0v) is 14.6. The lowest BCUT2D eigenvalue weighted by Crippen LogP contribution is -2.49. The third-order valence-corrected chi connectivity index (χ3v) is 4.14. The molecule has 2 heterocycles. The van der Waals surface area contributed by atoms with E-state index in [-0.39, 0.29) is 6.09 Å². The smallest absolute Gasteiger partial charge is 0.416 e. The van der Waals surface area contributed by atoms with E-state index < -0.39 is 11.7 Å². The van der Waals surface area contributed by atoms with E-state index >= 15 is 0 Å². The molecule has 0 aliphatic carbocycles. The summed E-state index contributed by atoms with van der Waals surface area (Å²) in [5.41, 5.74) is 0.231. The van der Waals surface area contributed by atoms with Crippen LogP contribution in [0.4, 0.5) is 23.9 Å². The Morgan fingerprint density at radius 1 is 1.15 bits per heavy atom. The average molecular weight is 381 g/mol. The molecule has 3 rings (SSSR count). The molecule has 0 bridgehead atoms. The molecule has 7 nitrogen and oxygen atoms in total. The van der Waals surface area contributed by atoms with Crippen molar-refractivity contribution >= 4 is 12.0 Å². The minimum Gasteiger partial charge on any atom is -0.450 e. The predicted molar refractivity (Wildman–Crippen MR) is 91.1 cm³/mol. The Kier molecular flexibility index (Phi) is 5.43. The molecule has 0 unspecified atom stereocenters. The van der Waals surface area contributed by atoms with E-state index in [1.54, 1.807) is 11.8 Å². The molecule has 10 heteroatoms. The first kappa shape index (κ1) is 18.9. The summed E-state index contributed by atoms with van der Waals surface area (Å²) in [6.45, 7) is 4.02. The Morgan fingerprint density at radius 2 is 1.81 bits per heavy atom. The van der Waals surface area contributed by atoms with Crippen molar-refractivity contribution in [3.8, 4) is 11.3 Å². The Balaban J connectivity index is 1.70. The van der Waals surface area contributed by atoms with Gasteiger partial charge in [-0.3, -0.25) is 0 Å². The lowest BCUT2D eigenvalue weighted by Gasteiger charge is -2.33. The third-order valence-electron chi connectivity index (χ3n) is 4.14. The largest absolute Gasteiger partial charge is 0.450 e. The molecule has 144 valence electrons. The molecule has 0 saturated carbocycles. The zero-order chi connectivity index (χ0) is 19.4. The highest BCUT2D eigenvalue weighted by atomic mass is 19.4. The summed E-state index contributed by atoms with van der Waals surface area (Å²) in [5.74, 6) is 0.371. The van der Waals surface area contributed by atoms with Crippen molar-refractivity contribution in [2.45, 2.75) is 13.1 Å². The van der Waals surface area contributed by atoms with Crippen molar-refractivity contribution in [2.24, 2.45) is 0 Å². The van der Waals surface area contributed by atoms with Gasteiger partial charge in [0.25, 0.3) is 0 Å². The number of rotatable bonds is 3. The van der Waals surface area contributed by atoms with Gasteiger partial charge in [0.05, 0.1) is 24.1 Å². The van der Waals surface area contributed by atoms with Crippen LogP contribution < -0.4 is 4.90 Å². The lowest BCUT2D eigenvalue weighted by molar-refractivity contribution is -0.137. The lowest BCUT2D eigenvalue weighted by atomic mass is 10.1. The molecule has 0 atom stereocenters. The molecular weight excluding hydrogens is 363 g/mol. The first-order chi connectivity index (χ1) is 12.9. The van der Waals surface area contributed by atoms with Crippen LogP contribution in [-0.2, 0) is 10.9 Å². The third kappa shape index (κ3) is 4.44. The standard InChI is InChI=1S/C17H18F3N5O2/c1-2-27-16(26)25-9-7-24(8-10-25)15-22-14(11-21-23-15)12-3-5-13(6-4-12)17(18,19)20/h3-6,11H,2,7-10H2,1H3. The molecule has 0 spiro atoms. The Labute approximate surface area is 153 Å². The molecule has 1 aliphatic heterocycles. The van der Waals surface area contributed by atoms with Crippen LogP contribution in [0.3, 0.4) is 0 Å². The highest BCUT2D eigenvalue weighted by molar-refractivity contribution is 5.68. The second-order valence-electron chi connectivity index (χ2n) is 5.89. The molecule has 0 radical (unpaired) electrons. The van der Waals surface area contributed by atoms with Crippen molar-refractivity contribution in [2.75, 3.05) is 37.7 Å². The zero-order valence-electron chi connectivity index (χ0n) is 14.6. The number of anilines is 1. The molecule has 27 heavy (non-hydrogen) atoms. The maximum absolute atomic E-state index is 12.7. The number of piperazine rings is 1. The Hall–Kier alpha value is -2.91. The SMILES string of the molecule is CCOC(=O)N1CCN(c2nncc(-c3ccc(C(F)(F)F)cc3)n2)CC1. The van der Waals surface area contributed by atoms with Crippen molar-refractivity contribution in [3.05, 3.63) is 36.0 Å². The molecule has 0 N–H and O–H groups in total. The second kappa shape index (κ2) is 7.77. The van der Waals surface area contributed by atoms with Crippen LogP contribution in [0.15, 0.2) is 30.5 Å². The summed E-state index contributed by atoms with van der Waals surface area (Å²) in [5, 5.41) is 7.91. The highest BCUT2D eigenvalue weighted by Gasteiger charge is 2.30. The predicted octanol–water partition coefficient (Wildman–Crippen LogP) is 2.84. The Bertz CT molecular complexity index is 790. The summed E-state index contributed by atoms with van der Waals surface area (Å²) >= 11 is 0. The van der Waals surface area contributed by atoms with Crippen LogP contribution in [0, 0.1) is 0 Å². The fourth-order valence-electron chi connectivity index (χ4n) is 2.70. The van der Waals surface area contributed by atoms with E-state index in [0.717, 1.165) is 12.1 Å². The summed E-state index contributed by atoms with van der Waals surface area (Å²) in [7, 11) is 0. The van der Waals surface area contributed by atoms with Gasteiger partial charge in [-0.1, -0.05) is 12.1 Å². The van der Waals surface area contributed by atoms with Crippen LogP contribution in [-0.4, -0.2) is 59.0 Å².